The fourth-order valence-electron chi connectivity index (χ4n) is 2.55. The van der Waals surface area contributed by atoms with Gasteiger partial charge in [0.05, 0.1) is 14.2 Å². The van der Waals surface area contributed by atoms with Gasteiger partial charge in [-0.1, -0.05) is 12.1 Å². The van der Waals surface area contributed by atoms with Crippen LogP contribution in [-0.2, 0) is 6.61 Å². The van der Waals surface area contributed by atoms with Crippen molar-refractivity contribution in [3.8, 4) is 22.8 Å². The minimum absolute atomic E-state index is 0.157. The molecule has 0 aliphatic rings. The quantitative estimate of drug-likeness (QED) is 0.706. The van der Waals surface area contributed by atoms with E-state index in [2.05, 4.69) is 5.32 Å². The maximum Gasteiger partial charge on any atom is 0.255 e. The van der Waals surface area contributed by atoms with Gasteiger partial charge in [-0.15, -0.1) is 0 Å². The van der Waals surface area contributed by atoms with Gasteiger partial charge in [0.2, 0.25) is 0 Å². The maximum atomic E-state index is 12.5. The first-order chi connectivity index (χ1) is 12.6. The number of ether oxygens (including phenoxy) is 2. The summed E-state index contributed by atoms with van der Waals surface area (Å²) in [4.78, 5) is 12.5. The van der Waals surface area contributed by atoms with E-state index in [-0.39, 0.29) is 12.5 Å². The molecule has 0 radical (unpaired) electrons. The van der Waals surface area contributed by atoms with Gasteiger partial charge < -0.3 is 24.3 Å². The van der Waals surface area contributed by atoms with Crippen molar-refractivity contribution in [1.29, 1.82) is 0 Å². The lowest BCUT2D eigenvalue weighted by Crippen LogP contribution is -2.12. The van der Waals surface area contributed by atoms with Crippen molar-refractivity contribution in [2.75, 3.05) is 19.5 Å². The summed E-state index contributed by atoms with van der Waals surface area (Å²) >= 11 is 0. The zero-order chi connectivity index (χ0) is 18.5. The van der Waals surface area contributed by atoms with Crippen molar-refractivity contribution in [1.82, 2.24) is 0 Å². The van der Waals surface area contributed by atoms with E-state index in [9.17, 15) is 4.79 Å². The molecule has 2 aromatic carbocycles. The number of amides is 1. The van der Waals surface area contributed by atoms with Crippen LogP contribution in [0.15, 0.2) is 59.0 Å². The fraction of sp³-hybridized carbons (Fsp3) is 0.150. The Bertz CT molecular complexity index is 916. The highest BCUT2D eigenvalue weighted by molar-refractivity contribution is 6.04. The summed E-state index contributed by atoms with van der Waals surface area (Å²) in [6.45, 7) is -0.157. The molecule has 3 rings (SSSR count). The Morgan fingerprint density at radius 2 is 1.85 bits per heavy atom. The molecule has 2 N–H and O–H groups in total. The number of rotatable bonds is 6. The highest BCUT2D eigenvalue weighted by Gasteiger charge is 2.12. The molecule has 0 spiro atoms. The second-order valence-electron chi connectivity index (χ2n) is 5.53. The smallest absolute Gasteiger partial charge is 0.255 e. The molecular weight excluding hydrogens is 334 g/mol. The van der Waals surface area contributed by atoms with Gasteiger partial charge in [-0.2, -0.15) is 0 Å². The van der Waals surface area contributed by atoms with E-state index >= 15 is 0 Å². The first-order valence-corrected chi connectivity index (χ1v) is 7.98. The summed E-state index contributed by atoms with van der Waals surface area (Å²) in [5, 5.41) is 12.0. The lowest BCUT2D eigenvalue weighted by molar-refractivity contribution is 0.102. The van der Waals surface area contributed by atoms with Crippen LogP contribution in [0.25, 0.3) is 11.3 Å². The topological polar surface area (TPSA) is 80.9 Å². The number of aliphatic hydroxyl groups is 1. The number of carbonyl (C=O) groups excluding carboxylic acids is 1. The van der Waals surface area contributed by atoms with E-state index in [1.54, 1.807) is 49.6 Å². The molecule has 0 aliphatic carbocycles. The van der Waals surface area contributed by atoms with Gasteiger partial charge in [0.1, 0.15) is 18.1 Å². The standard InChI is InChI=1S/C20H19NO5/c1-24-18-8-6-14(11-19(18)25-2)20(23)21-15-5-3-4-13(10-15)17-9-7-16(12-22)26-17/h3-11,22H,12H2,1-2H3,(H,21,23). The normalized spacial score (nSPS) is 10.4. The van der Waals surface area contributed by atoms with E-state index in [1.165, 1.54) is 7.11 Å². The van der Waals surface area contributed by atoms with Crippen molar-refractivity contribution in [3.05, 3.63) is 65.9 Å². The Kier molecular flexibility index (Phi) is 5.24. The van der Waals surface area contributed by atoms with E-state index < -0.39 is 0 Å². The van der Waals surface area contributed by atoms with Gasteiger partial charge in [0.15, 0.2) is 11.5 Å². The van der Waals surface area contributed by atoms with Crippen molar-refractivity contribution in [3.63, 3.8) is 0 Å². The Morgan fingerprint density at radius 1 is 1.04 bits per heavy atom. The van der Waals surface area contributed by atoms with Crippen LogP contribution in [0.1, 0.15) is 16.1 Å². The van der Waals surface area contributed by atoms with Gasteiger partial charge in [-0.25, -0.2) is 0 Å². The summed E-state index contributed by atoms with van der Waals surface area (Å²) in [7, 11) is 3.06. The summed E-state index contributed by atoms with van der Waals surface area (Å²) in [5.41, 5.74) is 1.88. The van der Waals surface area contributed by atoms with E-state index in [4.69, 9.17) is 19.0 Å². The van der Waals surface area contributed by atoms with Gasteiger partial charge in [-0.3, -0.25) is 4.79 Å². The molecule has 0 saturated heterocycles. The van der Waals surface area contributed by atoms with Crippen LogP contribution in [0.4, 0.5) is 5.69 Å². The van der Waals surface area contributed by atoms with Crippen molar-refractivity contribution in [2.24, 2.45) is 0 Å². The number of carbonyl (C=O) groups is 1. The molecule has 0 aliphatic heterocycles. The molecule has 6 heteroatoms. The summed E-state index contributed by atoms with van der Waals surface area (Å²) in [6, 6.07) is 15.7. The molecule has 0 atom stereocenters. The van der Waals surface area contributed by atoms with Crippen LogP contribution in [0.3, 0.4) is 0 Å². The van der Waals surface area contributed by atoms with Crippen molar-refractivity contribution in [2.45, 2.75) is 6.61 Å². The maximum absolute atomic E-state index is 12.5. The second kappa shape index (κ2) is 7.76. The van der Waals surface area contributed by atoms with Crippen LogP contribution in [0, 0.1) is 0 Å². The van der Waals surface area contributed by atoms with Crippen LogP contribution < -0.4 is 14.8 Å². The summed E-state index contributed by atoms with van der Waals surface area (Å²) in [5.74, 6) is 1.89. The van der Waals surface area contributed by atoms with Crippen LogP contribution in [0.2, 0.25) is 0 Å². The highest BCUT2D eigenvalue weighted by Crippen LogP contribution is 2.28. The Morgan fingerprint density at radius 3 is 2.54 bits per heavy atom. The summed E-state index contributed by atoms with van der Waals surface area (Å²) in [6.07, 6.45) is 0. The number of nitrogens with one attached hydrogen (secondary N) is 1. The minimum atomic E-state index is -0.265. The number of anilines is 1. The monoisotopic (exact) mass is 353 g/mol. The first-order valence-electron chi connectivity index (χ1n) is 7.98. The van der Waals surface area contributed by atoms with E-state index in [0.717, 1.165) is 5.56 Å². The molecule has 1 aromatic heterocycles. The number of benzene rings is 2. The fourth-order valence-corrected chi connectivity index (χ4v) is 2.55. The molecular formula is C20H19NO5. The average molecular weight is 353 g/mol. The SMILES string of the molecule is COc1ccc(C(=O)Nc2cccc(-c3ccc(CO)o3)c2)cc1OC. The van der Waals surface area contributed by atoms with Crippen LogP contribution in [-0.4, -0.2) is 25.2 Å². The molecule has 3 aromatic rings. The lowest BCUT2D eigenvalue weighted by Gasteiger charge is -2.10. The second-order valence-corrected chi connectivity index (χ2v) is 5.53. The number of hydrogen-bond donors (Lipinski definition) is 2. The van der Waals surface area contributed by atoms with Gasteiger partial charge in [-0.05, 0) is 42.5 Å². The molecule has 0 saturated carbocycles. The zero-order valence-corrected chi connectivity index (χ0v) is 14.5. The first kappa shape index (κ1) is 17.6. The number of hydrogen-bond acceptors (Lipinski definition) is 5. The molecule has 26 heavy (non-hydrogen) atoms. The van der Waals surface area contributed by atoms with Gasteiger partial charge in [0, 0.05) is 16.8 Å². The average Bonchev–Trinajstić information content (AvgIpc) is 3.17. The molecule has 0 bridgehead atoms. The van der Waals surface area contributed by atoms with Crippen LogP contribution in [0.5, 0.6) is 11.5 Å². The third-order valence-electron chi connectivity index (χ3n) is 3.87. The minimum Gasteiger partial charge on any atom is -0.493 e. The molecule has 0 unspecified atom stereocenters. The number of methoxy groups -OCH3 is 2. The Labute approximate surface area is 151 Å². The molecule has 134 valence electrons. The lowest BCUT2D eigenvalue weighted by atomic mass is 10.1. The zero-order valence-electron chi connectivity index (χ0n) is 14.5. The van der Waals surface area contributed by atoms with Gasteiger partial charge in [0.25, 0.3) is 5.91 Å². The largest absolute Gasteiger partial charge is 0.493 e. The van der Waals surface area contributed by atoms with Crippen LogP contribution >= 0.6 is 0 Å². The van der Waals surface area contributed by atoms with E-state index in [1.807, 2.05) is 12.1 Å². The molecule has 1 heterocycles. The van der Waals surface area contributed by atoms with Crippen molar-refractivity contribution < 1.29 is 23.8 Å². The third kappa shape index (κ3) is 3.70. The van der Waals surface area contributed by atoms with Gasteiger partial charge >= 0.3 is 0 Å². The predicted molar refractivity (Wildman–Crippen MR) is 97.6 cm³/mol. The van der Waals surface area contributed by atoms with Crippen molar-refractivity contribution >= 4 is 11.6 Å². The molecule has 6 nitrogen and oxygen atoms in total. The Balaban J connectivity index is 1.80. The molecule has 1 amide bonds. The Hall–Kier alpha value is -3.25. The number of furan rings is 1. The van der Waals surface area contributed by atoms with E-state index in [0.29, 0.717) is 34.3 Å². The molecule has 0 fully saturated rings. The third-order valence-corrected chi connectivity index (χ3v) is 3.87. The number of aliphatic hydroxyl groups excluding tert-OH is 1. The highest BCUT2D eigenvalue weighted by atomic mass is 16.5. The summed E-state index contributed by atoms with van der Waals surface area (Å²) < 4.78 is 15.9. The predicted octanol–water partition coefficient (Wildman–Crippen LogP) is 3.71.